The van der Waals surface area contributed by atoms with Crippen LogP contribution >= 0.6 is 24.8 Å². The first kappa shape index (κ1) is 16.8. The topological polar surface area (TPSA) is 29.3 Å². The van der Waals surface area contributed by atoms with Crippen molar-refractivity contribution in [2.75, 3.05) is 26.4 Å². The zero-order valence-electron chi connectivity index (χ0n) is 7.99. The van der Waals surface area contributed by atoms with Crippen molar-refractivity contribution < 1.29 is 8.78 Å². The Hall–Kier alpha value is 0.360. The summed E-state index contributed by atoms with van der Waals surface area (Å²) in [6.45, 7) is 0.289. The van der Waals surface area contributed by atoms with Crippen molar-refractivity contribution in [2.24, 2.45) is 5.73 Å². The fourth-order valence-electron chi connectivity index (χ4n) is 1.52. The van der Waals surface area contributed by atoms with Crippen LogP contribution in [0.25, 0.3) is 0 Å². The molecule has 0 aromatic carbocycles. The minimum absolute atomic E-state index is 0. The fourth-order valence-corrected chi connectivity index (χ4v) is 1.52. The number of nitrogens with zero attached hydrogens (tertiary/aromatic N) is 1. The summed E-state index contributed by atoms with van der Waals surface area (Å²) >= 11 is 0. The smallest absolute Gasteiger partial charge is 0.107 e. The van der Waals surface area contributed by atoms with Gasteiger partial charge in [0.05, 0.1) is 6.04 Å². The van der Waals surface area contributed by atoms with Crippen molar-refractivity contribution in [2.45, 2.75) is 24.9 Å². The lowest BCUT2D eigenvalue weighted by atomic mass is 10.0. The van der Waals surface area contributed by atoms with Crippen LogP contribution in [-0.2, 0) is 0 Å². The zero-order valence-corrected chi connectivity index (χ0v) is 9.63. The van der Waals surface area contributed by atoms with E-state index in [0.717, 1.165) is 25.9 Å². The standard InChI is InChI=1S/C8H16F2N2.2ClH/c9-5-8(6-10)12-3-1-7(11)2-4-12;;/h7-8H,1-6,11H2;2*1H. The molecule has 0 unspecified atom stereocenters. The summed E-state index contributed by atoms with van der Waals surface area (Å²) in [6.07, 6.45) is 1.72. The Morgan fingerprint density at radius 2 is 1.57 bits per heavy atom. The zero-order chi connectivity index (χ0) is 8.97. The number of alkyl halides is 2. The molecule has 0 aromatic rings. The third kappa shape index (κ3) is 4.73. The maximum atomic E-state index is 12.2. The van der Waals surface area contributed by atoms with E-state index in [1.54, 1.807) is 0 Å². The molecule has 2 N–H and O–H groups in total. The number of hydrogen-bond acceptors (Lipinski definition) is 2. The summed E-state index contributed by atoms with van der Waals surface area (Å²) < 4.78 is 24.5. The van der Waals surface area contributed by atoms with Crippen LogP contribution < -0.4 is 5.73 Å². The summed E-state index contributed by atoms with van der Waals surface area (Å²) in [6, 6.07) is -0.307. The summed E-state index contributed by atoms with van der Waals surface area (Å²) in [4.78, 5) is 1.85. The van der Waals surface area contributed by atoms with Crippen LogP contribution in [0, 0.1) is 0 Å². The number of hydrogen-bond donors (Lipinski definition) is 1. The van der Waals surface area contributed by atoms with Crippen molar-refractivity contribution in [3.8, 4) is 0 Å². The molecule has 1 saturated heterocycles. The Labute approximate surface area is 96.0 Å². The molecule has 2 nitrogen and oxygen atoms in total. The summed E-state index contributed by atoms with van der Waals surface area (Å²) in [5.74, 6) is 0. The van der Waals surface area contributed by atoms with Gasteiger partial charge in [-0.2, -0.15) is 0 Å². The molecule has 0 spiro atoms. The fraction of sp³-hybridized carbons (Fsp3) is 1.00. The highest BCUT2D eigenvalue weighted by molar-refractivity contribution is 5.85. The molecule has 0 radical (unpaired) electrons. The van der Waals surface area contributed by atoms with Crippen molar-refractivity contribution in [3.05, 3.63) is 0 Å². The third-order valence-corrected chi connectivity index (χ3v) is 2.45. The van der Waals surface area contributed by atoms with Gasteiger partial charge < -0.3 is 5.73 Å². The van der Waals surface area contributed by atoms with Gasteiger partial charge in [0.1, 0.15) is 13.3 Å². The van der Waals surface area contributed by atoms with E-state index in [9.17, 15) is 8.78 Å². The number of rotatable bonds is 3. The van der Waals surface area contributed by atoms with E-state index in [2.05, 4.69) is 0 Å². The second-order valence-corrected chi connectivity index (χ2v) is 3.34. The maximum Gasteiger partial charge on any atom is 0.107 e. The van der Waals surface area contributed by atoms with Crippen molar-refractivity contribution >= 4 is 24.8 Å². The first-order valence-corrected chi connectivity index (χ1v) is 4.39. The van der Waals surface area contributed by atoms with E-state index in [-0.39, 0.29) is 30.9 Å². The van der Waals surface area contributed by atoms with Gasteiger partial charge in [0.2, 0.25) is 0 Å². The minimum atomic E-state index is -0.592. The molecule has 1 aliphatic rings. The Kier molecular flexibility index (Phi) is 10.4. The Balaban J connectivity index is 0. The molecule has 88 valence electrons. The van der Waals surface area contributed by atoms with Crippen LogP contribution in [0.3, 0.4) is 0 Å². The van der Waals surface area contributed by atoms with Gasteiger partial charge in [-0.3, -0.25) is 4.90 Å². The highest BCUT2D eigenvalue weighted by Gasteiger charge is 2.22. The molecular formula is C8H18Cl2F2N2. The van der Waals surface area contributed by atoms with Crippen LogP contribution in [0.15, 0.2) is 0 Å². The largest absolute Gasteiger partial charge is 0.328 e. The van der Waals surface area contributed by atoms with Crippen LogP contribution in [0.1, 0.15) is 12.8 Å². The number of halogens is 4. The highest BCUT2D eigenvalue weighted by atomic mass is 35.5. The lowest BCUT2D eigenvalue weighted by Gasteiger charge is -2.33. The molecule has 1 heterocycles. The second-order valence-electron chi connectivity index (χ2n) is 3.34. The van der Waals surface area contributed by atoms with Crippen molar-refractivity contribution in [3.63, 3.8) is 0 Å². The monoisotopic (exact) mass is 250 g/mol. The van der Waals surface area contributed by atoms with Crippen molar-refractivity contribution in [1.82, 2.24) is 4.90 Å². The first-order chi connectivity index (χ1) is 5.77. The van der Waals surface area contributed by atoms with Crippen LogP contribution in [0.5, 0.6) is 0 Å². The van der Waals surface area contributed by atoms with Crippen LogP contribution in [0.4, 0.5) is 8.78 Å². The van der Waals surface area contributed by atoms with Crippen LogP contribution in [0.2, 0.25) is 0 Å². The first-order valence-electron chi connectivity index (χ1n) is 4.39. The van der Waals surface area contributed by atoms with E-state index in [1.807, 2.05) is 4.90 Å². The normalized spacial score (nSPS) is 18.9. The van der Waals surface area contributed by atoms with E-state index in [4.69, 9.17) is 5.73 Å². The minimum Gasteiger partial charge on any atom is -0.328 e. The molecule has 1 fully saturated rings. The van der Waals surface area contributed by atoms with Crippen LogP contribution in [-0.4, -0.2) is 43.4 Å². The molecule has 0 saturated carbocycles. The second kappa shape index (κ2) is 8.65. The molecule has 0 atom stereocenters. The summed E-state index contributed by atoms with van der Waals surface area (Å²) in [7, 11) is 0. The van der Waals surface area contributed by atoms with Gasteiger partial charge in [0, 0.05) is 19.1 Å². The average Bonchev–Trinajstić information content (AvgIpc) is 2.10. The maximum absolute atomic E-state index is 12.2. The summed E-state index contributed by atoms with van der Waals surface area (Å²) in [5.41, 5.74) is 5.67. The molecule has 0 bridgehead atoms. The molecule has 0 aromatic heterocycles. The van der Waals surface area contributed by atoms with E-state index >= 15 is 0 Å². The summed E-state index contributed by atoms with van der Waals surface area (Å²) in [5, 5.41) is 0. The quantitative estimate of drug-likeness (QED) is 0.824. The molecule has 0 amide bonds. The molecular weight excluding hydrogens is 233 g/mol. The van der Waals surface area contributed by atoms with Gasteiger partial charge >= 0.3 is 0 Å². The molecule has 1 aliphatic heterocycles. The predicted molar refractivity (Wildman–Crippen MR) is 59.0 cm³/mol. The van der Waals surface area contributed by atoms with Gasteiger partial charge in [0.25, 0.3) is 0 Å². The van der Waals surface area contributed by atoms with Gasteiger partial charge in [0.15, 0.2) is 0 Å². The average molecular weight is 251 g/mol. The number of nitrogens with two attached hydrogens (primary N) is 1. The Bertz CT molecular complexity index is 129. The Morgan fingerprint density at radius 1 is 1.14 bits per heavy atom. The number of likely N-dealkylation sites (tertiary alicyclic amines) is 1. The van der Waals surface area contributed by atoms with E-state index in [0.29, 0.717) is 0 Å². The molecule has 6 heteroatoms. The lowest BCUT2D eigenvalue weighted by molar-refractivity contribution is 0.110. The third-order valence-electron chi connectivity index (χ3n) is 2.45. The molecule has 0 aliphatic carbocycles. The lowest BCUT2D eigenvalue weighted by Crippen LogP contribution is -2.46. The van der Waals surface area contributed by atoms with E-state index in [1.165, 1.54) is 0 Å². The van der Waals surface area contributed by atoms with Gasteiger partial charge in [-0.15, -0.1) is 24.8 Å². The number of piperidine rings is 1. The molecule has 14 heavy (non-hydrogen) atoms. The Morgan fingerprint density at radius 3 is 1.93 bits per heavy atom. The van der Waals surface area contributed by atoms with Crippen molar-refractivity contribution in [1.29, 1.82) is 0 Å². The van der Waals surface area contributed by atoms with E-state index < -0.39 is 19.4 Å². The van der Waals surface area contributed by atoms with Gasteiger partial charge in [-0.25, -0.2) is 8.78 Å². The molecule has 1 rings (SSSR count). The van der Waals surface area contributed by atoms with Gasteiger partial charge in [-0.05, 0) is 12.8 Å². The highest BCUT2D eigenvalue weighted by Crippen LogP contribution is 2.12. The van der Waals surface area contributed by atoms with Gasteiger partial charge in [-0.1, -0.05) is 0 Å². The SMILES string of the molecule is Cl.Cl.NC1CCN(C(CF)CF)CC1. The predicted octanol–water partition coefficient (Wildman–Crippen LogP) is 1.56.